The maximum Gasteiger partial charge on any atom is 0.317 e. The van der Waals surface area contributed by atoms with Gasteiger partial charge < -0.3 is 19.4 Å². The highest BCUT2D eigenvalue weighted by molar-refractivity contribution is 5.85. The fourth-order valence-corrected chi connectivity index (χ4v) is 4.75. The van der Waals surface area contributed by atoms with E-state index in [2.05, 4.69) is 45.5 Å². The van der Waals surface area contributed by atoms with Crippen LogP contribution >= 0.6 is 0 Å². The number of hydrogen-bond acceptors (Lipinski definition) is 6. The number of ketones is 1. The van der Waals surface area contributed by atoms with Gasteiger partial charge in [-0.3, -0.25) is 14.5 Å². The number of carbonyl (C=O) groups excluding carboxylic acids is 1. The van der Waals surface area contributed by atoms with E-state index >= 15 is 0 Å². The van der Waals surface area contributed by atoms with Crippen molar-refractivity contribution in [1.82, 2.24) is 4.90 Å². The molecule has 0 saturated carbocycles. The quantitative estimate of drug-likeness (QED) is 0.235. The molecule has 236 valence electrons. The van der Waals surface area contributed by atoms with Crippen molar-refractivity contribution in [3.63, 3.8) is 0 Å². The summed E-state index contributed by atoms with van der Waals surface area (Å²) in [5, 5.41) is 16.1. The summed E-state index contributed by atoms with van der Waals surface area (Å²) >= 11 is 0. The van der Waals surface area contributed by atoms with Gasteiger partial charge in [0.25, 0.3) is 0 Å². The lowest BCUT2D eigenvalue weighted by atomic mass is 9.73. The van der Waals surface area contributed by atoms with Gasteiger partial charge in [0, 0.05) is 24.6 Å². The number of nitrogens with zero attached hydrogens (tertiary/aromatic N) is 1. The van der Waals surface area contributed by atoms with Crippen LogP contribution < -0.4 is 4.74 Å². The van der Waals surface area contributed by atoms with Crippen LogP contribution in [0.25, 0.3) is 12.2 Å². The Morgan fingerprint density at radius 2 is 1.64 bits per heavy atom. The third-order valence-corrected chi connectivity index (χ3v) is 7.17. The summed E-state index contributed by atoms with van der Waals surface area (Å²) in [5.74, 6) is 1.53. The molecule has 0 aliphatic carbocycles. The van der Waals surface area contributed by atoms with E-state index in [1.54, 1.807) is 18.0 Å². The zero-order valence-corrected chi connectivity index (χ0v) is 27.9. The van der Waals surface area contributed by atoms with E-state index in [1.165, 1.54) is 0 Å². The van der Waals surface area contributed by atoms with Crippen molar-refractivity contribution in [3.05, 3.63) is 64.6 Å². The molecular weight excluding hydrogens is 530 g/mol. The van der Waals surface area contributed by atoms with Gasteiger partial charge in [0.1, 0.15) is 23.9 Å². The minimum absolute atomic E-state index is 0.0191. The maximum atomic E-state index is 12.4. The molecule has 1 aromatic carbocycles. The first-order valence-electron chi connectivity index (χ1n) is 14.9. The summed E-state index contributed by atoms with van der Waals surface area (Å²) in [5.41, 5.74) is 3.38. The van der Waals surface area contributed by atoms with E-state index in [-0.39, 0.29) is 24.3 Å². The van der Waals surface area contributed by atoms with Gasteiger partial charge in [-0.2, -0.15) is 0 Å². The number of likely N-dealkylation sites (N-methyl/N-ethyl adjacent to an activating group) is 1. The van der Waals surface area contributed by atoms with E-state index in [1.807, 2.05) is 53.7 Å². The van der Waals surface area contributed by atoms with Crippen molar-refractivity contribution < 1.29 is 29.0 Å². The smallest absolute Gasteiger partial charge is 0.317 e. The van der Waals surface area contributed by atoms with Gasteiger partial charge in [0.15, 0.2) is 5.78 Å². The largest absolute Gasteiger partial charge is 0.486 e. The van der Waals surface area contributed by atoms with Gasteiger partial charge in [-0.1, -0.05) is 85.8 Å². The second-order valence-electron chi connectivity index (χ2n) is 11.1. The predicted molar refractivity (Wildman–Crippen MR) is 174 cm³/mol. The molecule has 0 aliphatic rings. The SMILES string of the molecule is C=Cc1oc(C(CC)(CC)c2ccc(OCC(=O)C(C)(C)C)c(CC)c2)cc1/C=C(\C)CN(C)CC(=O)O.CC.CO. The van der Waals surface area contributed by atoms with Crippen molar-refractivity contribution in [1.29, 1.82) is 0 Å². The first-order valence-corrected chi connectivity index (χ1v) is 14.9. The lowest BCUT2D eigenvalue weighted by Gasteiger charge is -2.31. The number of aryl methyl sites for hydroxylation is 1. The van der Waals surface area contributed by atoms with Gasteiger partial charge in [-0.15, -0.1) is 0 Å². The number of ether oxygens (including phenoxy) is 1. The van der Waals surface area contributed by atoms with E-state index in [0.29, 0.717) is 12.3 Å². The standard InChI is InChI=1S/C32H45NO5.C2H6.CH4O/c1-10-23-17-25(14-15-27(23)37-21-28(34)31(6,7)8)32(12-3,13-4)29-18-24(26(11-2)38-29)16-22(5)19-33(9)20-30(35)36;2*1-2/h11,14-18H,2,10,12-13,19-21H2,1,3-9H3,(H,35,36);1-2H3;2H,1H3/b22-16+;;. The Kier molecular flexibility index (Phi) is 17.0. The van der Waals surface area contributed by atoms with E-state index in [4.69, 9.17) is 19.4 Å². The van der Waals surface area contributed by atoms with E-state index < -0.39 is 11.4 Å². The second kappa shape index (κ2) is 18.4. The number of furan rings is 1. The number of Topliss-reactive ketones (excluding diaryl/α,β-unsaturated/α-hetero) is 1. The molecular formula is C35H55NO6. The van der Waals surface area contributed by atoms with Gasteiger partial charge in [0.2, 0.25) is 0 Å². The van der Waals surface area contributed by atoms with Crippen molar-refractivity contribution >= 4 is 23.9 Å². The number of aliphatic hydroxyl groups excluding tert-OH is 1. The zero-order chi connectivity index (χ0) is 32.7. The molecule has 1 aromatic heterocycles. The Morgan fingerprint density at radius 3 is 2.12 bits per heavy atom. The number of carbonyl (C=O) groups is 2. The van der Waals surface area contributed by atoms with Crippen LogP contribution in [0.1, 0.15) is 103 Å². The normalized spacial score (nSPS) is 11.7. The monoisotopic (exact) mass is 585 g/mol. The number of hydrogen-bond donors (Lipinski definition) is 2. The summed E-state index contributed by atoms with van der Waals surface area (Å²) in [6.07, 6.45) is 6.22. The lowest BCUT2D eigenvalue weighted by molar-refractivity contribution is -0.137. The molecule has 2 aromatic rings. The van der Waals surface area contributed by atoms with Crippen molar-refractivity contribution in [2.24, 2.45) is 5.41 Å². The number of carboxylic acid groups (broad SMARTS) is 1. The fourth-order valence-electron chi connectivity index (χ4n) is 4.75. The van der Waals surface area contributed by atoms with Crippen LogP contribution in [-0.2, 0) is 21.4 Å². The maximum absolute atomic E-state index is 12.4. The number of rotatable bonds is 14. The van der Waals surface area contributed by atoms with Gasteiger partial charge in [-0.05, 0) is 62.6 Å². The summed E-state index contributed by atoms with van der Waals surface area (Å²) in [6.45, 7) is 22.6. The molecule has 0 aliphatic heterocycles. The van der Waals surface area contributed by atoms with Crippen molar-refractivity contribution in [3.8, 4) is 5.75 Å². The molecule has 0 fully saturated rings. The molecule has 7 heteroatoms. The molecule has 0 bridgehead atoms. The van der Waals surface area contributed by atoms with Gasteiger partial charge >= 0.3 is 5.97 Å². The highest BCUT2D eigenvalue weighted by Gasteiger charge is 2.35. The lowest BCUT2D eigenvalue weighted by Crippen LogP contribution is -2.27. The molecule has 2 rings (SSSR count). The van der Waals surface area contributed by atoms with E-state index in [0.717, 1.165) is 60.1 Å². The Bertz CT molecular complexity index is 1160. The van der Waals surface area contributed by atoms with Crippen LogP contribution in [0.2, 0.25) is 0 Å². The Morgan fingerprint density at radius 1 is 1.05 bits per heavy atom. The molecule has 0 radical (unpaired) electrons. The molecule has 0 atom stereocenters. The van der Waals surface area contributed by atoms with Crippen LogP contribution in [0, 0.1) is 5.41 Å². The summed E-state index contributed by atoms with van der Waals surface area (Å²) in [7, 11) is 2.79. The minimum atomic E-state index is -0.850. The third kappa shape index (κ3) is 10.6. The Labute approximate surface area is 254 Å². The number of aliphatic hydroxyl groups is 1. The molecule has 0 saturated heterocycles. The molecule has 7 nitrogen and oxygen atoms in total. The first kappa shape index (κ1) is 38.8. The predicted octanol–water partition coefficient (Wildman–Crippen LogP) is 7.64. The van der Waals surface area contributed by atoms with E-state index in [9.17, 15) is 9.59 Å². The van der Waals surface area contributed by atoms with Crippen LogP contribution in [0.3, 0.4) is 0 Å². The first-order chi connectivity index (χ1) is 19.8. The summed E-state index contributed by atoms with van der Waals surface area (Å²) in [6, 6.07) is 8.33. The molecule has 0 amide bonds. The highest BCUT2D eigenvalue weighted by atomic mass is 16.5. The number of carboxylic acids is 1. The number of aliphatic carboxylic acids is 1. The average molecular weight is 586 g/mol. The van der Waals surface area contributed by atoms with Crippen LogP contribution in [0.4, 0.5) is 0 Å². The van der Waals surface area contributed by atoms with Crippen LogP contribution in [0.5, 0.6) is 5.75 Å². The molecule has 0 spiro atoms. The minimum Gasteiger partial charge on any atom is -0.486 e. The number of benzene rings is 1. The third-order valence-electron chi connectivity index (χ3n) is 7.17. The summed E-state index contributed by atoms with van der Waals surface area (Å²) < 4.78 is 12.4. The Hall–Kier alpha value is -3.16. The second-order valence-corrected chi connectivity index (χ2v) is 11.1. The fraction of sp³-hybridized carbons (Fsp3) is 0.543. The zero-order valence-electron chi connectivity index (χ0n) is 27.9. The van der Waals surface area contributed by atoms with Gasteiger partial charge in [0.05, 0.1) is 12.0 Å². The van der Waals surface area contributed by atoms with Crippen LogP contribution in [0.15, 0.2) is 40.8 Å². The topological polar surface area (TPSA) is 100 Å². The molecule has 2 N–H and O–H groups in total. The highest BCUT2D eigenvalue weighted by Crippen LogP contribution is 2.42. The average Bonchev–Trinajstić information content (AvgIpc) is 3.36. The summed E-state index contributed by atoms with van der Waals surface area (Å²) in [4.78, 5) is 25.2. The van der Waals surface area contributed by atoms with Crippen molar-refractivity contribution in [2.75, 3.05) is 33.9 Å². The Balaban J connectivity index is 0.00000402. The van der Waals surface area contributed by atoms with Crippen LogP contribution in [-0.4, -0.2) is 60.7 Å². The molecule has 0 unspecified atom stereocenters. The molecule has 42 heavy (non-hydrogen) atoms. The molecule has 1 heterocycles. The van der Waals surface area contributed by atoms with Gasteiger partial charge in [-0.25, -0.2) is 0 Å². The van der Waals surface area contributed by atoms with Crippen molar-refractivity contribution in [2.45, 2.75) is 87.0 Å².